The fraction of sp³-hybridized carbons (Fsp3) is 0.273. The second-order valence-electron chi connectivity index (χ2n) is 7.02. The van der Waals surface area contributed by atoms with Gasteiger partial charge in [0.2, 0.25) is 11.8 Å². The summed E-state index contributed by atoms with van der Waals surface area (Å²) in [6.07, 6.45) is 5.35. The number of ether oxygens (including phenoxy) is 1. The van der Waals surface area contributed by atoms with E-state index in [0.717, 1.165) is 37.1 Å². The summed E-state index contributed by atoms with van der Waals surface area (Å²) in [5.74, 6) is 0.705. The van der Waals surface area contributed by atoms with Crippen LogP contribution in [0, 0.1) is 0 Å². The molecule has 0 unspecified atom stereocenters. The fourth-order valence-electron chi connectivity index (χ4n) is 3.22. The molecule has 0 radical (unpaired) electrons. The predicted octanol–water partition coefficient (Wildman–Crippen LogP) is 3.63. The minimum atomic E-state index is -0.341. The number of aromatic nitrogens is 3. The number of anilines is 1. The van der Waals surface area contributed by atoms with Crippen molar-refractivity contribution in [2.45, 2.75) is 26.0 Å². The summed E-state index contributed by atoms with van der Waals surface area (Å²) in [7, 11) is 0. The normalized spacial score (nSPS) is 13.3. The van der Waals surface area contributed by atoms with Crippen LogP contribution in [0.15, 0.2) is 54.9 Å². The van der Waals surface area contributed by atoms with Crippen molar-refractivity contribution >= 4 is 23.5 Å². The molecule has 3 heterocycles. The van der Waals surface area contributed by atoms with Crippen LogP contribution in [0.25, 0.3) is 0 Å². The Hall–Kier alpha value is -3.19. The van der Waals surface area contributed by atoms with E-state index in [0.29, 0.717) is 25.0 Å². The molecule has 1 aliphatic rings. The van der Waals surface area contributed by atoms with Crippen LogP contribution in [-0.2, 0) is 13.2 Å². The highest BCUT2D eigenvalue weighted by atomic mass is 35.5. The Balaban J connectivity index is 1.37. The molecule has 30 heavy (non-hydrogen) atoms. The molecule has 3 aromatic rings. The molecule has 154 valence electrons. The molecule has 2 aromatic heterocycles. The molecule has 1 N–H and O–H groups in total. The zero-order chi connectivity index (χ0) is 20.8. The van der Waals surface area contributed by atoms with Crippen molar-refractivity contribution in [2.24, 2.45) is 0 Å². The lowest BCUT2D eigenvalue weighted by molar-refractivity contribution is 0.0946. The second kappa shape index (κ2) is 9.54. The first kappa shape index (κ1) is 20.1. The molecule has 7 nitrogen and oxygen atoms in total. The quantitative estimate of drug-likeness (QED) is 0.625. The molecule has 8 heteroatoms. The van der Waals surface area contributed by atoms with Gasteiger partial charge in [-0.3, -0.25) is 4.79 Å². The fourth-order valence-corrected chi connectivity index (χ4v) is 3.40. The van der Waals surface area contributed by atoms with E-state index in [1.165, 1.54) is 6.20 Å². The van der Waals surface area contributed by atoms with Gasteiger partial charge in [-0.2, -0.15) is 0 Å². The van der Waals surface area contributed by atoms with Gasteiger partial charge in [-0.25, -0.2) is 15.0 Å². The molecule has 0 spiro atoms. The Kier molecular flexibility index (Phi) is 6.39. The number of benzene rings is 1. The van der Waals surface area contributed by atoms with E-state index in [2.05, 4.69) is 25.2 Å². The molecule has 1 fully saturated rings. The lowest BCUT2D eigenvalue weighted by Crippen LogP contribution is -2.26. The zero-order valence-corrected chi connectivity index (χ0v) is 17.2. The van der Waals surface area contributed by atoms with Crippen LogP contribution in [0.5, 0.6) is 5.88 Å². The topological polar surface area (TPSA) is 80.2 Å². The Morgan fingerprint density at radius 1 is 1.10 bits per heavy atom. The molecule has 1 aromatic carbocycles. The van der Waals surface area contributed by atoms with Crippen LogP contribution in [0.4, 0.5) is 5.95 Å². The number of carbonyl (C=O) groups excluding carboxylic acids is 1. The second-order valence-corrected chi connectivity index (χ2v) is 7.43. The van der Waals surface area contributed by atoms with Crippen LogP contribution < -0.4 is 15.0 Å². The first-order valence-corrected chi connectivity index (χ1v) is 10.2. The lowest BCUT2D eigenvalue weighted by atomic mass is 10.2. The molecule has 4 rings (SSSR count). The highest BCUT2D eigenvalue weighted by Crippen LogP contribution is 2.20. The van der Waals surface area contributed by atoms with Gasteiger partial charge < -0.3 is 15.0 Å². The van der Waals surface area contributed by atoms with Crippen molar-refractivity contribution in [1.29, 1.82) is 0 Å². The van der Waals surface area contributed by atoms with Crippen LogP contribution in [0.3, 0.4) is 0 Å². The van der Waals surface area contributed by atoms with Gasteiger partial charge in [-0.1, -0.05) is 41.9 Å². The monoisotopic (exact) mass is 423 g/mol. The third-order valence-electron chi connectivity index (χ3n) is 4.82. The summed E-state index contributed by atoms with van der Waals surface area (Å²) < 4.78 is 5.74. The number of nitrogens with zero attached hydrogens (tertiary/aromatic N) is 4. The third kappa shape index (κ3) is 5.04. The van der Waals surface area contributed by atoms with Crippen molar-refractivity contribution in [3.63, 3.8) is 0 Å². The standard InChI is InChI=1S/C22H22ClN5O2/c23-18-14-26-22(28-10-4-5-11-28)27-20(18)21(29)25-13-17-8-9-24-19(12-17)30-15-16-6-2-1-3-7-16/h1-3,6-9,12,14H,4-5,10-11,13,15H2,(H,25,29). The Morgan fingerprint density at radius 2 is 1.90 bits per heavy atom. The molecule has 1 aliphatic heterocycles. The number of halogens is 1. The van der Waals surface area contributed by atoms with Crippen molar-refractivity contribution in [3.8, 4) is 5.88 Å². The van der Waals surface area contributed by atoms with Gasteiger partial charge in [-0.15, -0.1) is 0 Å². The molecule has 1 saturated heterocycles. The lowest BCUT2D eigenvalue weighted by Gasteiger charge is -2.16. The van der Waals surface area contributed by atoms with E-state index in [9.17, 15) is 4.79 Å². The highest BCUT2D eigenvalue weighted by Gasteiger charge is 2.19. The maximum Gasteiger partial charge on any atom is 0.271 e. The zero-order valence-electron chi connectivity index (χ0n) is 16.4. The van der Waals surface area contributed by atoms with Gasteiger partial charge in [0.1, 0.15) is 6.61 Å². The molecular formula is C22H22ClN5O2. The molecule has 0 saturated carbocycles. The minimum absolute atomic E-state index is 0.183. The van der Waals surface area contributed by atoms with E-state index >= 15 is 0 Å². The molecular weight excluding hydrogens is 402 g/mol. The van der Waals surface area contributed by atoms with E-state index in [-0.39, 0.29) is 16.6 Å². The maximum absolute atomic E-state index is 12.7. The van der Waals surface area contributed by atoms with Crippen LogP contribution in [-0.4, -0.2) is 33.9 Å². The van der Waals surface area contributed by atoms with Gasteiger partial charge in [0.15, 0.2) is 5.69 Å². The number of pyridine rings is 1. The van der Waals surface area contributed by atoms with Crippen LogP contribution >= 0.6 is 11.6 Å². The third-order valence-corrected chi connectivity index (χ3v) is 5.09. The van der Waals surface area contributed by atoms with E-state index < -0.39 is 0 Å². The average molecular weight is 424 g/mol. The summed E-state index contributed by atoms with van der Waals surface area (Å²) in [5, 5.41) is 3.09. The number of carbonyl (C=O) groups is 1. The minimum Gasteiger partial charge on any atom is -0.473 e. The molecule has 1 amide bonds. The molecule has 0 aliphatic carbocycles. The number of hydrogen-bond acceptors (Lipinski definition) is 6. The number of hydrogen-bond donors (Lipinski definition) is 1. The van der Waals surface area contributed by atoms with Crippen molar-refractivity contribution in [3.05, 3.63) is 76.7 Å². The van der Waals surface area contributed by atoms with Crippen molar-refractivity contribution in [1.82, 2.24) is 20.3 Å². The van der Waals surface area contributed by atoms with Crippen LogP contribution in [0.1, 0.15) is 34.5 Å². The summed E-state index contributed by atoms with van der Waals surface area (Å²) in [6, 6.07) is 13.5. The van der Waals surface area contributed by atoms with Crippen molar-refractivity contribution < 1.29 is 9.53 Å². The average Bonchev–Trinajstić information content (AvgIpc) is 3.32. The number of rotatable bonds is 7. The van der Waals surface area contributed by atoms with E-state index in [1.54, 1.807) is 12.3 Å². The van der Waals surface area contributed by atoms with Crippen LogP contribution in [0.2, 0.25) is 5.02 Å². The van der Waals surface area contributed by atoms with Gasteiger partial charge >= 0.3 is 0 Å². The van der Waals surface area contributed by atoms with Crippen molar-refractivity contribution in [2.75, 3.05) is 18.0 Å². The first-order chi connectivity index (χ1) is 14.7. The number of nitrogens with one attached hydrogen (secondary N) is 1. The first-order valence-electron chi connectivity index (χ1n) is 9.86. The SMILES string of the molecule is O=C(NCc1ccnc(OCc2ccccc2)c1)c1nc(N2CCCC2)ncc1Cl. The highest BCUT2D eigenvalue weighted by molar-refractivity contribution is 6.33. The predicted molar refractivity (Wildman–Crippen MR) is 115 cm³/mol. The summed E-state index contributed by atoms with van der Waals surface area (Å²) in [5.41, 5.74) is 2.11. The van der Waals surface area contributed by atoms with E-state index in [1.807, 2.05) is 36.4 Å². The van der Waals surface area contributed by atoms with Gasteiger partial charge in [0.05, 0.1) is 11.2 Å². The maximum atomic E-state index is 12.7. The Morgan fingerprint density at radius 3 is 2.70 bits per heavy atom. The summed E-state index contributed by atoms with van der Waals surface area (Å²) in [6.45, 7) is 2.53. The molecule has 0 atom stereocenters. The largest absolute Gasteiger partial charge is 0.473 e. The smallest absolute Gasteiger partial charge is 0.271 e. The van der Waals surface area contributed by atoms with E-state index in [4.69, 9.17) is 16.3 Å². The van der Waals surface area contributed by atoms with Gasteiger partial charge in [0, 0.05) is 31.9 Å². The van der Waals surface area contributed by atoms with Gasteiger partial charge in [-0.05, 0) is 30.0 Å². The number of amides is 1. The summed E-state index contributed by atoms with van der Waals surface area (Å²) >= 11 is 6.17. The Labute approximate surface area is 180 Å². The van der Waals surface area contributed by atoms with Gasteiger partial charge in [0.25, 0.3) is 5.91 Å². The Bertz CT molecular complexity index is 1010. The molecule has 0 bridgehead atoms. The summed E-state index contributed by atoms with van der Waals surface area (Å²) in [4.78, 5) is 27.6.